The second kappa shape index (κ2) is 7.72. The van der Waals surface area contributed by atoms with Gasteiger partial charge in [0.25, 0.3) is 0 Å². The predicted octanol–water partition coefficient (Wildman–Crippen LogP) is 4.23. The van der Waals surface area contributed by atoms with Crippen molar-refractivity contribution >= 4 is 15.7 Å². The average molecular weight is 420 g/mol. The zero-order valence-corrected chi connectivity index (χ0v) is 17.3. The van der Waals surface area contributed by atoms with Gasteiger partial charge in [0, 0.05) is 11.1 Å². The standard InChI is InChI=1S/C22H20N4O3S/c1-14(2)30(27,28)17-10-8-15(9-11-17)18-12-24-21(23)20(26-18)19-13-25-22(29-19)16-6-4-3-5-7-16/h3-14H,1-2H3,(H2,23,24). The van der Waals surface area contributed by atoms with Crippen LogP contribution < -0.4 is 5.73 Å². The first-order valence-corrected chi connectivity index (χ1v) is 10.9. The maximum Gasteiger partial charge on any atom is 0.226 e. The summed E-state index contributed by atoms with van der Waals surface area (Å²) in [7, 11) is -3.34. The van der Waals surface area contributed by atoms with Crippen LogP contribution in [0, 0.1) is 0 Å². The normalized spacial score (nSPS) is 11.7. The Hall–Kier alpha value is -3.52. The summed E-state index contributed by atoms with van der Waals surface area (Å²) in [4.78, 5) is 13.4. The lowest BCUT2D eigenvalue weighted by atomic mass is 10.1. The fourth-order valence-corrected chi connectivity index (χ4v) is 3.96. The highest BCUT2D eigenvalue weighted by Gasteiger charge is 2.19. The molecule has 2 heterocycles. The molecule has 0 aliphatic carbocycles. The van der Waals surface area contributed by atoms with Gasteiger partial charge >= 0.3 is 0 Å². The van der Waals surface area contributed by atoms with Crippen molar-refractivity contribution in [3.63, 3.8) is 0 Å². The molecule has 0 radical (unpaired) electrons. The predicted molar refractivity (Wildman–Crippen MR) is 115 cm³/mol. The zero-order valence-electron chi connectivity index (χ0n) is 16.5. The van der Waals surface area contributed by atoms with Gasteiger partial charge in [-0.2, -0.15) is 0 Å². The molecule has 7 nitrogen and oxygen atoms in total. The summed E-state index contributed by atoms with van der Waals surface area (Å²) in [6, 6.07) is 16.1. The topological polar surface area (TPSA) is 112 Å². The van der Waals surface area contributed by atoms with Crippen LogP contribution in [-0.2, 0) is 9.84 Å². The number of aromatic nitrogens is 3. The van der Waals surface area contributed by atoms with Gasteiger partial charge in [-0.25, -0.2) is 23.4 Å². The van der Waals surface area contributed by atoms with Crippen molar-refractivity contribution in [1.29, 1.82) is 0 Å². The molecule has 0 amide bonds. The maximum atomic E-state index is 12.3. The fourth-order valence-electron chi connectivity index (χ4n) is 2.90. The van der Waals surface area contributed by atoms with Crippen LogP contribution in [0.3, 0.4) is 0 Å². The van der Waals surface area contributed by atoms with Crippen LogP contribution in [0.4, 0.5) is 5.82 Å². The van der Waals surface area contributed by atoms with Crippen molar-refractivity contribution in [2.24, 2.45) is 0 Å². The van der Waals surface area contributed by atoms with Crippen molar-refractivity contribution in [3.8, 4) is 34.2 Å². The number of hydrogen-bond acceptors (Lipinski definition) is 7. The van der Waals surface area contributed by atoms with Crippen molar-refractivity contribution in [2.45, 2.75) is 24.0 Å². The molecule has 2 N–H and O–H groups in total. The molecular weight excluding hydrogens is 400 g/mol. The third-order valence-electron chi connectivity index (χ3n) is 4.66. The van der Waals surface area contributed by atoms with Crippen molar-refractivity contribution in [1.82, 2.24) is 15.0 Å². The van der Waals surface area contributed by atoms with Crippen LogP contribution in [0.1, 0.15) is 13.8 Å². The smallest absolute Gasteiger partial charge is 0.226 e. The largest absolute Gasteiger partial charge is 0.434 e. The Morgan fingerprint density at radius 2 is 1.60 bits per heavy atom. The number of anilines is 1. The molecule has 0 saturated heterocycles. The van der Waals surface area contributed by atoms with E-state index in [4.69, 9.17) is 10.2 Å². The Morgan fingerprint density at radius 1 is 0.900 bits per heavy atom. The second-order valence-corrected chi connectivity index (χ2v) is 9.51. The van der Waals surface area contributed by atoms with Crippen molar-refractivity contribution in [2.75, 3.05) is 5.73 Å². The Kier molecular flexibility index (Phi) is 5.09. The molecule has 0 bridgehead atoms. The van der Waals surface area contributed by atoms with Crippen LogP contribution >= 0.6 is 0 Å². The van der Waals surface area contributed by atoms with Gasteiger partial charge in [0.05, 0.1) is 28.2 Å². The molecule has 0 unspecified atom stereocenters. The van der Waals surface area contributed by atoms with Gasteiger partial charge in [-0.3, -0.25) is 0 Å². The monoisotopic (exact) mass is 420 g/mol. The van der Waals surface area contributed by atoms with Crippen LogP contribution in [0.5, 0.6) is 0 Å². The van der Waals surface area contributed by atoms with E-state index in [0.29, 0.717) is 28.6 Å². The summed E-state index contributed by atoms with van der Waals surface area (Å²) >= 11 is 0. The highest BCUT2D eigenvalue weighted by molar-refractivity contribution is 7.92. The summed E-state index contributed by atoms with van der Waals surface area (Å²) in [5.41, 5.74) is 8.50. The first-order chi connectivity index (χ1) is 14.4. The van der Waals surface area contributed by atoms with E-state index in [-0.39, 0.29) is 10.7 Å². The van der Waals surface area contributed by atoms with Crippen LogP contribution in [-0.4, -0.2) is 28.6 Å². The first kappa shape index (κ1) is 19.8. The highest BCUT2D eigenvalue weighted by atomic mass is 32.2. The van der Waals surface area contributed by atoms with E-state index in [1.165, 1.54) is 0 Å². The van der Waals surface area contributed by atoms with Crippen LogP contribution in [0.15, 0.2) is 76.3 Å². The van der Waals surface area contributed by atoms with Gasteiger partial charge in [0.15, 0.2) is 27.1 Å². The summed E-state index contributed by atoms with van der Waals surface area (Å²) in [6.45, 7) is 3.31. The number of hydrogen-bond donors (Lipinski definition) is 1. The Morgan fingerprint density at radius 3 is 2.27 bits per heavy atom. The lowest BCUT2D eigenvalue weighted by Gasteiger charge is -2.09. The molecule has 0 fully saturated rings. The summed E-state index contributed by atoms with van der Waals surface area (Å²) in [5, 5.41) is -0.489. The molecule has 8 heteroatoms. The van der Waals surface area contributed by atoms with Gasteiger partial charge in [-0.05, 0) is 38.1 Å². The Balaban J connectivity index is 1.69. The quantitative estimate of drug-likeness (QED) is 0.514. The minimum Gasteiger partial charge on any atom is -0.434 e. The van der Waals surface area contributed by atoms with E-state index in [9.17, 15) is 8.42 Å². The number of nitrogens with zero attached hydrogens (tertiary/aromatic N) is 3. The van der Waals surface area contributed by atoms with Gasteiger partial charge in [-0.1, -0.05) is 30.3 Å². The van der Waals surface area contributed by atoms with Crippen LogP contribution in [0.25, 0.3) is 34.2 Å². The minimum atomic E-state index is -3.34. The zero-order chi connectivity index (χ0) is 21.3. The third-order valence-corrected chi connectivity index (χ3v) is 6.83. The molecule has 152 valence electrons. The molecule has 2 aromatic heterocycles. The molecule has 0 spiro atoms. The number of oxazole rings is 1. The van der Waals surface area contributed by atoms with E-state index in [0.717, 1.165) is 5.56 Å². The highest BCUT2D eigenvalue weighted by Crippen LogP contribution is 2.30. The SMILES string of the molecule is CC(C)S(=O)(=O)c1ccc(-c2cnc(N)c(-c3cnc(-c4ccccc4)o3)n2)cc1. The molecule has 0 saturated carbocycles. The second-order valence-electron chi connectivity index (χ2n) is 7.00. The molecule has 0 aliphatic rings. The summed E-state index contributed by atoms with van der Waals surface area (Å²) in [5.74, 6) is 1.08. The van der Waals surface area contributed by atoms with Gasteiger partial charge in [0.1, 0.15) is 0 Å². The number of nitrogens with two attached hydrogens (primary N) is 1. The van der Waals surface area contributed by atoms with E-state index < -0.39 is 15.1 Å². The average Bonchev–Trinajstić information content (AvgIpc) is 3.25. The Bertz CT molecular complexity index is 1280. The van der Waals surface area contributed by atoms with Gasteiger partial charge < -0.3 is 10.2 Å². The lowest BCUT2D eigenvalue weighted by Crippen LogP contribution is -2.13. The van der Waals surface area contributed by atoms with Crippen LogP contribution in [0.2, 0.25) is 0 Å². The number of sulfone groups is 1. The number of benzene rings is 2. The molecule has 0 aliphatic heterocycles. The molecule has 0 atom stereocenters. The molecule has 4 rings (SSSR count). The summed E-state index contributed by atoms with van der Waals surface area (Å²) < 4.78 is 30.5. The fraction of sp³-hybridized carbons (Fsp3) is 0.136. The number of nitrogen functional groups attached to an aromatic ring is 1. The Labute approximate surface area is 174 Å². The molecular formula is C22H20N4O3S. The number of rotatable bonds is 5. The molecule has 2 aromatic carbocycles. The molecule has 30 heavy (non-hydrogen) atoms. The van der Waals surface area contributed by atoms with E-state index in [1.54, 1.807) is 50.5 Å². The van der Waals surface area contributed by atoms with E-state index >= 15 is 0 Å². The lowest BCUT2D eigenvalue weighted by molar-refractivity contribution is 0.586. The maximum absolute atomic E-state index is 12.3. The molecule has 4 aromatic rings. The van der Waals surface area contributed by atoms with Crippen molar-refractivity contribution in [3.05, 3.63) is 67.0 Å². The van der Waals surface area contributed by atoms with Gasteiger partial charge in [-0.15, -0.1) is 0 Å². The minimum absolute atomic E-state index is 0.216. The van der Waals surface area contributed by atoms with Gasteiger partial charge in [0.2, 0.25) is 5.89 Å². The third kappa shape index (κ3) is 3.69. The first-order valence-electron chi connectivity index (χ1n) is 9.35. The van der Waals surface area contributed by atoms with Crippen molar-refractivity contribution < 1.29 is 12.8 Å². The van der Waals surface area contributed by atoms with E-state index in [2.05, 4.69) is 15.0 Å². The summed E-state index contributed by atoms with van der Waals surface area (Å²) in [6.07, 6.45) is 3.10. The van der Waals surface area contributed by atoms with E-state index in [1.807, 2.05) is 30.3 Å².